The van der Waals surface area contributed by atoms with Crippen LogP contribution in [0.2, 0.25) is 0 Å². The predicted octanol–water partition coefficient (Wildman–Crippen LogP) is 3.15. The Labute approximate surface area is 163 Å². The van der Waals surface area contributed by atoms with E-state index < -0.39 is 0 Å². The van der Waals surface area contributed by atoms with Gasteiger partial charge in [-0.2, -0.15) is 0 Å². The van der Waals surface area contributed by atoms with Crippen molar-refractivity contribution in [3.8, 4) is 0 Å². The molecule has 0 aliphatic heterocycles. The van der Waals surface area contributed by atoms with Crippen LogP contribution in [0.25, 0.3) is 10.9 Å². The van der Waals surface area contributed by atoms with Crippen LogP contribution < -0.4 is 5.32 Å². The lowest BCUT2D eigenvalue weighted by Crippen LogP contribution is -2.37. The van der Waals surface area contributed by atoms with Crippen molar-refractivity contribution in [1.82, 2.24) is 30.5 Å². The third kappa shape index (κ3) is 3.30. The van der Waals surface area contributed by atoms with Gasteiger partial charge in [-0.05, 0) is 72.9 Å². The molecule has 0 saturated heterocycles. The topological polar surface area (TPSA) is 88.5 Å². The number of H-pyrrole nitrogens is 1. The van der Waals surface area contributed by atoms with E-state index in [-0.39, 0.29) is 17.9 Å². The second-order valence-corrected chi connectivity index (χ2v) is 8.27. The Morgan fingerprint density at radius 1 is 1.18 bits per heavy atom. The number of hydrogen-bond acceptors (Lipinski definition) is 4. The van der Waals surface area contributed by atoms with Gasteiger partial charge >= 0.3 is 0 Å². The molecule has 1 atom stereocenters. The molecular weight excluding hydrogens is 352 g/mol. The van der Waals surface area contributed by atoms with Gasteiger partial charge in [0.05, 0.1) is 6.04 Å². The molecule has 1 saturated carbocycles. The average Bonchev–Trinajstić information content (AvgIpc) is 3.37. The van der Waals surface area contributed by atoms with Crippen LogP contribution >= 0.6 is 0 Å². The normalized spacial score (nSPS) is 24.8. The first-order chi connectivity index (χ1) is 13.8. The highest BCUT2D eigenvalue weighted by molar-refractivity contribution is 5.86. The van der Waals surface area contributed by atoms with Gasteiger partial charge in [-0.3, -0.25) is 4.79 Å². The lowest BCUT2D eigenvalue weighted by atomic mass is 9.81. The quantitative estimate of drug-likeness (QED) is 0.730. The second-order valence-electron chi connectivity index (χ2n) is 8.27. The predicted molar refractivity (Wildman–Crippen MR) is 105 cm³/mol. The van der Waals surface area contributed by atoms with Crippen molar-refractivity contribution < 1.29 is 4.79 Å². The molecule has 28 heavy (non-hydrogen) atoms. The van der Waals surface area contributed by atoms with Gasteiger partial charge in [-0.25, -0.2) is 4.68 Å². The molecule has 0 radical (unpaired) electrons. The van der Waals surface area contributed by atoms with Crippen molar-refractivity contribution in [2.45, 2.75) is 57.5 Å². The Hall–Kier alpha value is -2.70. The largest absolute Gasteiger partial charge is 0.356 e. The first kappa shape index (κ1) is 17.4. The number of nitrogens with zero attached hydrogens (tertiary/aromatic N) is 4. The van der Waals surface area contributed by atoms with Crippen LogP contribution in [0.5, 0.6) is 0 Å². The van der Waals surface area contributed by atoms with E-state index >= 15 is 0 Å². The summed E-state index contributed by atoms with van der Waals surface area (Å²) in [7, 11) is 0. The minimum atomic E-state index is 0.114. The summed E-state index contributed by atoms with van der Waals surface area (Å²) in [4.78, 5) is 16.5. The molecule has 1 fully saturated rings. The third-order valence-electron chi connectivity index (χ3n) is 6.49. The van der Waals surface area contributed by atoms with Crippen molar-refractivity contribution in [1.29, 1.82) is 0 Å². The Morgan fingerprint density at radius 2 is 2.04 bits per heavy atom. The van der Waals surface area contributed by atoms with Gasteiger partial charge in [0.2, 0.25) is 5.91 Å². The van der Waals surface area contributed by atoms with Crippen molar-refractivity contribution >= 4 is 16.8 Å². The van der Waals surface area contributed by atoms with Crippen LogP contribution in [0.1, 0.15) is 55.8 Å². The zero-order chi connectivity index (χ0) is 18.9. The van der Waals surface area contributed by atoms with Crippen LogP contribution in [0.15, 0.2) is 30.6 Å². The van der Waals surface area contributed by atoms with Gasteiger partial charge < -0.3 is 10.3 Å². The first-order valence-electron chi connectivity index (χ1n) is 10.4. The number of benzene rings is 1. The van der Waals surface area contributed by atoms with E-state index in [1.807, 2.05) is 0 Å². The maximum atomic E-state index is 13.0. The highest BCUT2D eigenvalue weighted by atomic mass is 16.1. The van der Waals surface area contributed by atoms with E-state index in [0.29, 0.717) is 5.92 Å². The highest BCUT2D eigenvalue weighted by Crippen LogP contribution is 2.36. The van der Waals surface area contributed by atoms with Crippen molar-refractivity contribution in [2.24, 2.45) is 11.8 Å². The van der Waals surface area contributed by atoms with Crippen LogP contribution in [0.4, 0.5) is 0 Å². The summed E-state index contributed by atoms with van der Waals surface area (Å²) in [5.41, 5.74) is 3.78. The SMILES string of the molecule is O=C(N[C@H]1CCCc2c1[nH]c1ccccc21)C1CCC(Cn2cnnn2)CC1. The van der Waals surface area contributed by atoms with Gasteiger partial charge in [0.1, 0.15) is 6.33 Å². The van der Waals surface area contributed by atoms with Crippen molar-refractivity contribution in [3.05, 3.63) is 41.9 Å². The van der Waals surface area contributed by atoms with E-state index in [1.165, 1.54) is 22.2 Å². The zero-order valence-electron chi connectivity index (χ0n) is 16.0. The fourth-order valence-corrected chi connectivity index (χ4v) is 4.98. The van der Waals surface area contributed by atoms with E-state index in [0.717, 1.165) is 51.5 Å². The minimum absolute atomic E-state index is 0.114. The number of tetrazole rings is 1. The summed E-state index contributed by atoms with van der Waals surface area (Å²) in [6, 6.07) is 8.57. The molecule has 1 aromatic carbocycles. The molecular formula is C21H26N6O. The molecule has 7 heteroatoms. The van der Waals surface area contributed by atoms with Gasteiger partial charge in [0.25, 0.3) is 0 Å². The maximum absolute atomic E-state index is 13.0. The smallest absolute Gasteiger partial charge is 0.223 e. The first-order valence-corrected chi connectivity index (χ1v) is 10.4. The van der Waals surface area contributed by atoms with Gasteiger partial charge in [-0.1, -0.05) is 18.2 Å². The van der Waals surface area contributed by atoms with E-state index in [9.17, 15) is 4.79 Å². The van der Waals surface area contributed by atoms with Crippen LogP contribution in [0.3, 0.4) is 0 Å². The molecule has 0 spiro atoms. The molecule has 0 bridgehead atoms. The number of carbonyl (C=O) groups is 1. The monoisotopic (exact) mass is 378 g/mol. The third-order valence-corrected chi connectivity index (χ3v) is 6.49. The molecule has 1 amide bonds. The molecule has 0 unspecified atom stereocenters. The fourth-order valence-electron chi connectivity index (χ4n) is 4.98. The van der Waals surface area contributed by atoms with Crippen molar-refractivity contribution in [3.63, 3.8) is 0 Å². The Balaban J connectivity index is 1.22. The van der Waals surface area contributed by atoms with E-state index in [2.05, 4.69) is 50.1 Å². The average molecular weight is 378 g/mol. The van der Waals surface area contributed by atoms with Crippen LogP contribution in [0, 0.1) is 11.8 Å². The van der Waals surface area contributed by atoms with Gasteiger partial charge in [-0.15, -0.1) is 5.10 Å². The fraction of sp³-hybridized carbons (Fsp3) is 0.524. The lowest BCUT2D eigenvalue weighted by Gasteiger charge is -2.30. The molecule has 3 aromatic rings. The zero-order valence-corrected chi connectivity index (χ0v) is 16.0. The molecule has 2 aliphatic carbocycles. The lowest BCUT2D eigenvalue weighted by molar-refractivity contribution is -0.127. The minimum Gasteiger partial charge on any atom is -0.356 e. The summed E-state index contributed by atoms with van der Waals surface area (Å²) in [6.07, 6.45) is 8.91. The number of para-hydroxylation sites is 1. The van der Waals surface area contributed by atoms with Crippen LogP contribution in [-0.2, 0) is 17.8 Å². The van der Waals surface area contributed by atoms with Crippen molar-refractivity contribution in [2.75, 3.05) is 0 Å². The number of aryl methyl sites for hydroxylation is 1. The number of fused-ring (bicyclic) bond motifs is 3. The van der Waals surface area contributed by atoms with Gasteiger partial charge in [0, 0.05) is 29.1 Å². The van der Waals surface area contributed by atoms with Crippen LogP contribution in [-0.4, -0.2) is 31.1 Å². The summed E-state index contributed by atoms with van der Waals surface area (Å²) in [5.74, 6) is 0.903. The number of amides is 1. The number of carbonyl (C=O) groups excluding carboxylic acids is 1. The summed E-state index contributed by atoms with van der Waals surface area (Å²) in [5, 5.41) is 16.0. The maximum Gasteiger partial charge on any atom is 0.223 e. The molecule has 7 nitrogen and oxygen atoms in total. The molecule has 2 N–H and O–H groups in total. The Morgan fingerprint density at radius 3 is 2.86 bits per heavy atom. The highest BCUT2D eigenvalue weighted by Gasteiger charge is 2.30. The van der Waals surface area contributed by atoms with E-state index in [1.54, 1.807) is 11.0 Å². The summed E-state index contributed by atoms with van der Waals surface area (Å²) in [6.45, 7) is 0.850. The van der Waals surface area contributed by atoms with Gasteiger partial charge in [0.15, 0.2) is 0 Å². The molecule has 2 heterocycles. The molecule has 2 aromatic heterocycles. The number of nitrogens with one attached hydrogen (secondary N) is 2. The molecule has 5 rings (SSSR count). The number of rotatable bonds is 4. The standard InChI is InChI=1S/C21H26N6O/c28-21(15-10-8-14(9-11-15)12-27-13-22-25-26-27)24-19-7-3-5-17-16-4-1-2-6-18(16)23-20(17)19/h1-2,4,6,13-15,19,23H,3,5,7-12H2,(H,24,28)/t14?,15?,19-/m0/s1. The summed E-state index contributed by atoms with van der Waals surface area (Å²) >= 11 is 0. The number of hydrogen-bond donors (Lipinski definition) is 2. The number of aromatic nitrogens is 5. The number of aromatic amines is 1. The molecule has 146 valence electrons. The second kappa shape index (κ2) is 7.37. The molecule has 2 aliphatic rings. The Kier molecular flexibility index (Phi) is 4.58. The summed E-state index contributed by atoms with van der Waals surface area (Å²) < 4.78 is 1.80. The Bertz CT molecular complexity index is 955. The van der Waals surface area contributed by atoms with E-state index in [4.69, 9.17) is 0 Å².